The second-order valence-corrected chi connectivity index (χ2v) is 6.87. The lowest BCUT2D eigenvalue weighted by molar-refractivity contribution is 0.0317. The van der Waals surface area contributed by atoms with Gasteiger partial charge in [-0.2, -0.15) is 5.10 Å². The van der Waals surface area contributed by atoms with Crippen molar-refractivity contribution in [1.82, 2.24) is 24.6 Å². The highest BCUT2D eigenvalue weighted by atomic mass is 16.2. The molecular weight excluding hydrogens is 302 g/mol. The number of likely N-dealkylation sites (tertiary alicyclic amines) is 2. The third kappa shape index (κ3) is 2.82. The Morgan fingerprint density at radius 2 is 2.17 bits per heavy atom. The minimum atomic E-state index is 0.0943. The van der Waals surface area contributed by atoms with E-state index in [9.17, 15) is 4.79 Å². The Kier molecular flexibility index (Phi) is 4.06. The highest BCUT2D eigenvalue weighted by Gasteiger charge is 2.36. The molecule has 2 aromatic heterocycles. The van der Waals surface area contributed by atoms with E-state index in [1.807, 2.05) is 17.0 Å². The van der Waals surface area contributed by atoms with E-state index >= 15 is 0 Å². The van der Waals surface area contributed by atoms with Gasteiger partial charge in [0.1, 0.15) is 0 Å². The molecule has 1 amide bonds. The van der Waals surface area contributed by atoms with Crippen molar-refractivity contribution in [1.29, 1.82) is 0 Å². The Morgan fingerprint density at radius 3 is 3.00 bits per heavy atom. The van der Waals surface area contributed by atoms with E-state index in [0.717, 1.165) is 25.2 Å². The number of carbonyl (C=O) groups excluding carboxylic acids is 1. The van der Waals surface area contributed by atoms with E-state index in [1.54, 1.807) is 29.5 Å². The molecular formula is C18H23N5O. The lowest BCUT2D eigenvalue weighted by Crippen LogP contribution is -2.53. The van der Waals surface area contributed by atoms with E-state index in [-0.39, 0.29) is 5.91 Å². The monoisotopic (exact) mass is 325 g/mol. The third-order valence-electron chi connectivity index (χ3n) is 5.37. The molecule has 2 aliphatic rings. The zero-order valence-electron chi connectivity index (χ0n) is 14.0. The van der Waals surface area contributed by atoms with E-state index in [0.29, 0.717) is 17.5 Å². The number of rotatable bonds is 2. The first-order chi connectivity index (χ1) is 11.7. The van der Waals surface area contributed by atoms with Crippen LogP contribution < -0.4 is 0 Å². The predicted octanol–water partition coefficient (Wildman–Crippen LogP) is 1.82. The lowest BCUT2D eigenvalue weighted by Gasteiger charge is -2.45. The highest BCUT2D eigenvalue weighted by Crippen LogP contribution is 2.30. The molecule has 2 aliphatic heterocycles. The molecule has 2 atom stereocenters. The van der Waals surface area contributed by atoms with E-state index < -0.39 is 0 Å². The van der Waals surface area contributed by atoms with Crippen LogP contribution in [0.5, 0.6) is 0 Å². The Labute approximate surface area is 142 Å². The predicted molar refractivity (Wildman–Crippen MR) is 91.0 cm³/mol. The van der Waals surface area contributed by atoms with Gasteiger partial charge in [-0.05, 0) is 50.9 Å². The van der Waals surface area contributed by atoms with Crippen molar-refractivity contribution < 1.29 is 4.79 Å². The van der Waals surface area contributed by atoms with Crippen LogP contribution in [0.15, 0.2) is 36.9 Å². The average molecular weight is 325 g/mol. The molecule has 0 radical (unpaired) electrons. The van der Waals surface area contributed by atoms with E-state index in [1.165, 1.54) is 19.4 Å². The minimum absolute atomic E-state index is 0.0943. The zero-order valence-corrected chi connectivity index (χ0v) is 14.0. The summed E-state index contributed by atoms with van der Waals surface area (Å²) in [6.07, 6.45) is 10.5. The van der Waals surface area contributed by atoms with Crippen molar-refractivity contribution in [3.8, 4) is 5.69 Å². The molecule has 2 saturated heterocycles. The first-order valence-electron chi connectivity index (χ1n) is 8.67. The molecule has 2 aromatic rings. The van der Waals surface area contributed by atoms with Gasteiger partial charge in [-0.15, -0.1) is 0 Å². The Balaban J connectivity index is 1.48. The molecule has 6 heteroatoms. The number of nitrogens with zero attached hydrogens (tertiary/aromatic N) is 5. The summed E-state index contributed by atoms with van der Waals surface area (Å²) >= 11 is 0. The van der Waals surface area contributed by atoms with Gasteiger partial charge in [-0.1, -0.05) is 0 Å². The summed E-state index contributed by atoms with van der Waals surface area (Å²) in [5, 5.41) is 4.32. The average Bonchev–Trinajstić information content (AvgIpc) is 3.12. The van der Waals surface area contributed by atoms with Crippen LogP contribution >= 0.6 is 0 Å². The number of hydrogen-bond acceptors (Lipinski definition) is 4. The fourth-order valence-electron chi connectivity index (χ4n) is 4.08. The van der Waals surface area contributed by atoms with Crippen molar-refractivity contribution in [3.05, 3.63) is 42.5 Å². The van der Waals surface area contributed by atoms with Crippen LogP contribution in [0, 0.1) is 5.92 Å². The zero-order chi connectivity index (χ0) is 16.5. The molecule has 0 spiro atoms. The maximum atomic E-state index is 12.8. The van der Waals surface area contributed by atoms with Crippen molar-refractivity contribution in [2.45, 2.75) is 25.3 Å². The second-order valence-electron chi connectivity index (χ2n) is 6.87. The molecule has 0 saturated carbocycles. The van der Waals surface area contributed by atoms with E-state index in [2.05, 4.69) is 22.0 Å². The highest BCUT2D eigenvalue weighted by molar-refractivity contribution is 5.93. The van der Waals surface area contributed by atoms with Gasteiger partial charge >= 0.3 is 0 Å². The first kappa shape index (κ1) is 15.3. The summed E-state index contributed by atoms with van der Waals surface area (Å²) in [5.41, 5.74) is 1.52. The van der Waals surface area contributed by atoms with Crippen LogP contribution in [0.2, 0.25) is 0 Å². The maximum absolute atomic E-state index is 12.8. The van der Waals surface area contributed by atoms with Gasteiger partial charge in [-0.25, -0.2) is 4.68 Å². The number of pyridine rings is 1. The smallest absolute Gasteiger partial charge is 0.257 e. The fraction of sp³-hybridized carbons (Fsp3) is 0.500. The molecule has 6 nitrogen and oxygen atoms in total. The summed E-state index contributed by atoms with van der Waals surface area (Å²) in [7, 11) is 2.21. The normalized spacial score (nSPS) is 24.6. The molecule has 0 N–H and O–H groups in total. The standard InChI is InChI=1S/C18H23N5O/c1-21-8-3-4-14-12-22(9-6-17(14)21)18(24)15-10-20-23(13-15)16-5-2-7-19-11-16/h2,5,7,10-11,13-14,17H,3-4,6,8-9,12H2,1H3. The van der Waals surface area contributed by atoms with Crippen LogP contribution in [0.1, 0.15) is 29.6 Å². The number of fused-ring (bicyclic) bond motifs is 1. The van der Waals surface area contributed by atoms with Crippen LogP contribution in [0.3, 0.4) is 0 Å². The van der Waals surface area contributed by atoms with E-state index in [4.69, 9.17) is 0 Å². The Morgan fingerprint density at radius 1 is 1.25 bits per heavy atom. The molecule has 2 unspecified atom stereocenters. The van der Waals surface area contributed by atoms with Gasteiger partial charge < -0.3 is 9.80 Å². The van der Waals surface area contributed by atoms with Crippen molar-refractivity contribution in [2.75, 3.05) is 26.7 Å². The topological polar surface area (TPSA) is 54.3 Å². The number of hydrogen-bond donors (Lipinski definition) is 0. The molecule has 0 bridgehead atoms. The first-order valence-corrected chi connectivity index (χ1v) is 8.67. The van der Waals surface area contributed by atoms with Gasteiger partial charge in [0, 0.05) is 31.5 Å². The second kappa shape index (κ2) is 6.36. The molecule has 0 aliphatic carbocycles. The molecule has 2 fully saturated rings. The Bertz CT molecular complexity index is 713. The summed E-state index contributed by atoms with van der Waals surface area (Å²) in [6, 6.07) is 4.43. The van der Waals surface area contributed by atoms with Gasteiger partial charge in [0.15, 0.2) is 0 Å². The molecule has 4 heterocycles. The summed E-state index contributed by atoms with van der Waals surface area (Å²) in [5.74, 6) is 0.701. The summed E-state index contributed by atoms with van der Waals surface area (Å²) in [6.45, 7) is 2.89. The molecule has 24 heavy (non-hydrogen) atoms. The van der Waals surface area contributed by atoms with Crippen molar-refractivity contribution >= 4 is 5.91 Å². The van der Waals surface area contributed by atoms with Gasteiger partial charge in [0.05, 0.1) is 23.6 Å². The number of aromatic nitrogens is 3. The van der Waals surface area contributed by atoms with Gasteiger partial charge in [0.2, 0.25) is 0 Å². The van der Waals surface area contributed by atoms with Crippen LogP contribution in [0.25, 0.3) is 5.69 Å². The summed E-state index contributed by atoms with van der Waals surface area (Å²) < 4.78 is 1.71. The third-order valence-corrected chi connectivity index (χ3v) is 5.37. The van der Waals surface area contributed by atoms with Crippen molar-refractivity contribution in [2.24, 2.45) is 5.92 Å². The number of amides is 1. The van der Waals surface area contributed by atoms with Crippen LogP contribution in [-0.4, -0.2) is 63.2 Å². The quantitative estimate of drug-likeness (QED) is 0.845. The van der Waals surface area contributed by atoms with Gasteiger partial charge in [-0.3, -0.25) is 9.78 Å². The fourth-order valence-corrected chi connectivity index (χ4v) is 4.08. The SMILES string of the molecule is CN1CCCC2CN(C(=O)c3cnn(-c4cccnc4)c3)CCC21. The molecule has 0 aromatic carbocycles. The Hall–Kier alpha value is -2.21. The van der Waals surface area contributed by atoms with Gasteiger partial charge in [0.25, 0.3) is 5.91 Å². The number of carbonyl (C=O) groups is 1. The molecule has 126 valence electrons. The largest absolute Gasteiger partial charge is 0.338 e. The molecule has 4 rings (SSSR count). The maximum Gasteiger partial charge on any atom is 0.257 e. The number of piperidine rings is 2. The van der Waals surface area contributed by atoms with Crippen LogP contribution in [-0.2, 0) is 0 Å². The minimum Gasteiger partial charge on any atom is -0.338 e. The lowest BCUT2D eigenvalue weighted by atomic mass is 9.84. The van der Waals surface area contributed by atoms with Crippen LogP contribution in [0.4, 0.5) is 0 Å². The van der Waals surface area contributed by atoms with Crippen molar-refractivity contribution in [3.63, 3.8) is 0 Å². The summed E-state index contributed by atoms with van der Waals surface area (Å²) in [4.78, 5) is 21.4.